The van der Waals surface area contributed by atoms with Crippen LogP contribution in [0.25, 0.3) is 0 Å². The van der Waals surface area contributed by atoms with Gasteiger partial charge in [-0.2, -0.15) is 0 Å². The van der Waals surface area contributed by atoms with Crippen molar-refractivity contribution in [2.24, 2.45) is 5.84 Å². The van der Waals surface area contributed by atoms with Gasteiger partial charge in [0.1, 0.15) is 15.7 Å². The van der Waals surface area contributed by atoms with Crippen LogP contribution in [0.1, 0.15) is 30.0 Å². The lowest BCUT2D eigenvalue weighted by Crippen LogP contribution is -2.29. The zero-order chi connectivity index (χ0) is 13.8. The number of sulfone groups is 1. The molecule has 102 valence electrons. The largest absolute Gasteiger partial charge is 0.271 e. The summed E-state index contributed by atoms with van der Waals surface area (Å²) < 4.78 is 35.3. The van der Waals surface area contributed by atoms with Gasteiger partial charge in [-0.25, -0.2) is 12.8 Å². The van der Waals surface area contributed by atoms with Crippen LogP contribution in [0.3, 0.4) is 0 Å². The fraction of sp³-hybridized carbons (Fsp3) is 0.500. The van der Waals surface area contributed by atoms with Gasteiger partial charge in [0.25, 0.3) is 0 Å². The van der Waals surface area contributed by atoms with Crippen molar-refractivity contribution in [1.82, 2.24) is 5.43 Å². The Morgan fingerprint density at radius 2 is 2.11 bits per heavy atom. The highest BCUT2D eigenvalue weighted by Crippen LogP contribution is 2.22. The maximum Gasteiger partial charge on any atom is 0.147 e. The van der Waals surface area contributed by atoms with E-state index < -0.39 is 9.84 Å². The maximum atomic E-state index is 13.2. The van der Waals surface area contributed by atoms with Crippen LogP contribution in [0.4, 0.5) is 4.39 Å². The number of aryl methyl sites for hydroxylation is 1. The van der Waals surface area contributed by atoms with Gasteiger partial charge in [-0.05, 0) is 43.0 Å². The van der Waals surface area contributed by atoms with E-state index >= 15 is 0 Å². The number of halogens is 1. The predicted molar refractivity (Wildman–Crippen MR) is 70.1 cm³/mol. The molecule has 0 saturated heterocycles. The third kappa shape index (κ3) is 4.72. The SMILES string of the molecule is Cc1ccc(F)cc1C(CCCS(C)(=O)=O)NN. The summed E-state index contributed by atoms with van der Waals surface area (Å²) in [7, 11) is -2.97. The summed E-state index contributed by atoms with van der Waals surface area (Å²) in [5, 5.41) is 0. The van der Waals surface area contributed by atoms with Crippen molar-refractivity contribution >= 4 is 9.84 Å². The van der Waals surface area contributed by atoms with Crippen molar-refractivity contribution in [3.05, 3.63) is 35.1 Å². The van der Waals surface area contributed by atoms with E-state index in [0.29, 0.717) is 12.8 Å². The van der Waals surface area contributed by atoms with Crippen molar-refractivity contribution in [2.75, 3.05) is 12.0 Å². The minimum absolute atomic E-state index is 0.111. The highest BCUT2D eigenvalue weighted by atomic mass is 32.2. The minimum Gasteiger partial charge on any atom is -0.271 e. The average molecular weight is 274 g/mol. The molecule has 0 fully saturated rings. The number of hydrogen-bond acceptors (Lipinski definition) is 4. The molecule has 1 unspecified atom stereocenters. The highest BCUT2D eigenvalue weighted by Gasteiger charge is 2.14. The first-order chi connectivity index (χ1) is 8.33. The number of hydrazine groups is 1. The molecule has 0 aliphatic heterocycles. The molecule has 0 heterocycles. The van der Waals surface area contributed by atoms with Crippen molar-refractivity contribution in [2.45, 2.75) is 25.8 Å². The standard InChI is InChI=1S/C12H19FN2O2S/c1-9-5-6-10(13)8-11(9)12(15-14)4-3-7-18(2,16)17/h5-6,8,12,15H,3-4,7,14H2,1-2H3. The highest BCUT2D eigenvalue weighted by molar-refractivity contribution is 7.90. The fourth-order valence-corrected chi connectivity index (χ4v) is 2.56. The quantitative estimate of drug-likeness (QED) is 0.608. The van der Waals surface area contributed by atoms with Gasteiger partial charge in [-0.15, -0.1) is 0 Å². The van der Waals surface area contributed by atoms with E-state index in [1.807, 2.05) is 6.92 Å². The third-order valence-corrected chi connectivity index (χ3v) is 3.86. The molecule has 0 bridgehead atoms. The van der Waals surface area contributed by atoms with Crippen LogP contribution in [0, 0.1) is 12.7 Å². The molecule has 0 aliphatic rings. The maximum absolute atomic E-state index is 13.2. The molecule has 3 N–H and O–H groups in total. The molecular weight excluding hydrogens is 255 g/mol. The second-order valence-corrected chi connectivity index (χ2v) is 6.75. The molecule has 1 rings (SSSR count). The van der Waals surface area contributed by atoms with Crippen molar-refractivity contribution < 1.29 is 12.8 Å². The lowest BCUT2D eigenvalue weighted by molar-refractivity contribution is 0.501. The summed E-state index contributed by atoms with van der Waals surface area (Å²) in [6.07, 6.45) is 2.24. The van der Waals surface area contributed by atoms with Crippen molar-refractivity contribution in [3.8, 4) is 0 Å². The van der Waals surface area contributed by atoms with E-state index in [4.69, 9.17) is 5.84 Å². The second-order valence-electron chi connectivity index (χ2n) is 4.49. The minimum atomic E-state index is -2.97. The van der Waals surface area contributed by atoms with Crippen LogP contribution in [0.5, 0.6) is 0 Å². The monoisotopic (exact) mass is 274 g/mol. The van der Waals surface area contributed by atoms with Gasteiger partial charge in [0, 0.05) is 18.1 Å². The lowest BCUT2D eigenvalue weighted by Gasteiger charge is -2.18. The van der Waals surface area contributed by atoms with Gasteiger partial charge >= 0.3 is 0 Å². The Hall–Kier alpha value is -0.980. The van der Waals surface area contributed by atoms with E-state index in [0.717, 1.165) is 11.1 Å². The summed E-state index contributed by atoms with van der Waals surface area (Å²) in [6, 6.07) is 4.27. The third-order valence-electron chi connectivity index (χ3n) is 2.83. The normalized spacial score (nSPS) is 13.6. The van der Waals surface area contributed by atoms with E-state index in [1.54, 1.807) is 6.07 Å². The molecule has 0 saturated carbocycles. The summed E-state index contributed by atoms with van der Waals surface area (Å²) in [5.41, 5.74) is 4.31. The van der Waals surface area contributed by atoms with Crippen LogP contribution in [0.15, 0.2) is 18.2 Å². The zero-order valence-electron chi connectivity index (χ0n) is 10.6. The van der Waals surface area contributed by atoms with Crippen LogP contribution in [0.2, 0.25) is 0 Å². The molecule has 1 atom stereocenters. The number of benzene rings is 1. The van der Waals surface area contributed by atoms with Crippen molar-refractivity contribution in [3.63, 3.8) is 0 Å². The molecule has 0 aliphatic carbocycles. The summed E-state index contributed by atoms with van der Waals surface area (Å²) >= 11 is 0. The summed E-state index contributed by atoms with van der Waals surface area (Å²) in [4.78, 5) is 0. The van der Waals surface area contributed by atoms with Gasteiger partial charge in [0.15, 0.2) is 0 Å². The first-order valence-corrected chi connectivity index (χ1v) is 7.79. The van der Waals surface area contributed by atoms with Crippen LogP contribution >= 0.6 is 0 Å². The van der Waals surface area contributed by atoms with Crippen LogP contribution in [-0.2, 0) is 9.84 Å². The second kappa shape index (κ2) is 6.26. The predicted octanol–water partition coefficient (Wildman–Crippen LogP) is 1.46. The summed E-state index contributed by atoms with van der Waals surface area (Å²) in [6.45, 7) is 1.87. The molecular formula is C12H19FN2O2S. The average Bonchev–Trinajstić information content (AvgIpc) is 2.27. The van der Waals surface area contributed by atoms with Gasteiger partial charge in [-0.3, -0.25) is 11.3 Å². The van der Waals surface area contributed by atoms with Crippen LogP contribution < -0.4 is 11.3 Å². The van der Waals surface area contributed by atoms with Gasteiger partial charge in [-0.1, -0.05) is 6.07 Å². The van der Waals surface area contributed by atoms with E-state index in [-0.39, 0.29) is 17.6 Å². The Bertz CT molecular complexity index is 503. The number of hydrogen-bond donors (Lipinski definition) is 2. The molecule has 0 radical (unpaired) electrons. The Kier molecular flexibility index (Phi) is 5.25. The van der Waals surface area contributed by atoms with Gasteiger partial charge in [0.05, 0.1) is 0 Å². The molecule has 4 nitrogen and oxygen atoms in total. The molecule has 18 heavy (non-hydrogen) atoms. The van der Waals surface area contributed by atoms with Gasteiger partial charge < -0.3 is 0 Å². The molecule has 1 aromatic carbocycles. The van der Waals surface area contributed by atoms with E-state index in [1.165, 1.54) is 18.4 Å². The topological polar surface area (TPSA) is 72.2 Å². The fourth-order valence-electron chi connectivity index (χ4n) is 1.87. The molecule has 0 amide bonds. The number of rotatable bonds is 6. The molecule has 6 heteroatoms. The molecule has 0 spiro atoms. The molecule has 1 aromatic rings. The smallest absolute Gasteiger partial charge is 0.147 e. The van der Waals surface area contributed by atoms with Crippen molar-refractivity contribution in [1.29, 1.82) is 0 Å². The zero-order valence-corrected chi connectivity index (χ0v) is 11.4. The van der Waals surface area contributed by atoms with E-state index in [2.05, 4.69) is 5.43 Å². The Morgan fingerprint density at radius 1 is 1.44 bits per heavy atom. The number of nitrogens with one attached hydrogen (secondary N) is 1. The Labute approximate surface area is 107 Å². The first kappa shape index (κ1) is 15.1. The Balaban J connectivity index is 2.74. The summed E-state index contributed by atoms with van der Waals surface area (Å²) in [5.74, 6) is 5.24. The van der Waals surface area contributed by atoms with E-state index in [9.17, 15) is 12.8 Å². The van der Waals surface area contributed by atoms with Crippen LogP contribution in [-0.4, -0.2) is 20.4 Å². The lowest BCUT2D eigenvalue weighted by atomic mass is 9.98. The first-order valence-electron chi connectivity index (χ1n) is 5.73. The number of nitrogens with two attached hydrogens (primary N) is 1. The Morgan fingerprint density at radius 3 is 2.67 bits per heavy atom. The van der Waals surface area contributed by atoms with Gasteiger partial charge in [0.2, 0.25) is 0 Å². The molecule has 0 aromatic heterocycles.